The first-order chi connectivity index (χ1) is 3.22. The summed E-state index contributed by atoms with van der Waals surface area (Å²) in [6.45, 7) is 2.17. The molecule has 40 valence electrons. The molecule has 1 fully saturated rings. The summed E-state index contributed by atoms with van der Waals surface area (Å²) in [5.74, 6) is 0.748. The Morgan fingerprint density at radius 3 is 2.43 bits per heavy atom. The molecule has 0 aromatic rings. The Kier molecular flexibility index (Phi) is 1.04. The van der Waals surface area contributed by atoms with Crippen LogP contribution in [0.4, 0.5) is 0 Å². The second-order valence-corrected chi connectivity index (χ2v) is 2.58. The van der Waals surface area contributed by atoms with Gasteiger partial charge < -0.3 is 5.73 Å². The molecule has 1 aliphatic rings. The fraction of sp³-hybridized carbons (Fsp3) is 0.600. The van der Waals surface area contributed by atoms with Crippen molar-refractivity contribution in [3.63, 3.8) is 0 Å². The van der Waals surface area contributed by atoms with E-state index in [1.807, 2.05) is 0 Å². The highest BCUT2D eigenvalue weighted by molar-refractivity contribution is 7.63. The maximum atomic E-state index is 5.38. The lowest BCUT2D eigenvalue weighted by Gasteiger charge is -1.72. The molecule has 0 heterocycles. The molecule has 1 saturated carbocycles. The zero-order chi connectivity index (χ0) is 5.44. The van der Waals surface area contributed by atoms with E-state index in [2.05, 4.69) is 19.6 Å². The Morgan fingerprint density at radius 2 is 2.43 bits per heavy atom. The van der Waals surface area contributed by atoms with Crippen LogP contribution >= 0.6 is 0 Å². The molecular weight excluding hydrogens is 106 g/mol. The number of hydrogen-bond donors (Lipinski definition) is 1. The van der Waals surface area contributed by atoms with Crippen LogP contribution in [0.15, 0.2) is 10.6 Å². The van der Waals surface area contributed by atoms with Gasteiger partial charge in [0, 0.05) is 18.2 Å². The van der Waals surface area contributed by atoms with E-state index in [1.165, 1.54) is 12.0 Å². The summed E-state index contributed by atoms with van der Waals surface area (Å²) in [4.78, 5) is 0. The molecule has 0 aromatic carbocycles. The van der Waals surface area contributed by atoms with Crippen LogP contribution in [0.1, 0.15) is 13.3 Å². The first-order valence-corrected chi connectivity index (χ1v) is 2.92. The Balaban J connectivity index is 2.60. The number of rotatable bonds is 0. The molecule has 0 amide bonds. The van der Waals surface area contributed by atoms with Crippen molar-refractivity contribution in [1.82, 2.24) is 0 Å². The van der Waals surface area contributed by atoms with Crippen LogP contribution in [0.5, 0.6) is 0 Å². The maximum absolute atomic E-state index is 5.38. The minimum absolute atomic E-state index is 0.748. The Morgan fingerprint density at radius 1 is 2.00 bits per heavy atom. The molecule has 1 unspecified atom stereocenters. The van der Waals surface area contributed by atoms with Gasteiger partial charge in [-0.25, -0.2) is 0 Å². The predicted octanol–water partition coefficient (Wildman–Crippen LogP) is 0.208. The highest BCUT2D eigenvalue weighted by atomic mass is 32.1. The van der Waals surface area contributed by atoms with Gasteiger partial charge in [0.25, 0.3) is 0 Å². The van der Waals surface area contributed by atoms with Gasteiger partial charge in [-0.1, -0.05) is 6.92 Å². The van der Waals surface area contributed by atoms with E-state index >= 15 is 0 Å². The van der Waals surface area contributed by atoms with Crippen molar-refractivity contribution in [1.29, 1.82) is 0 Å². The van der Waals surface area contributed by atoms with Crippen molar-refractivity contribution in [3.05, 3.63) is 10.6 Å². The fourth-order valence-electron chi connectivity index (χ4n) is 0.646. The lowest BCUT2D eigenvalue weighted by molar-refractivity contribution is 1.02. The van der Waals surface area contributed by atoms with E-state index in [4.69, 9.17) is 5.73 Å². The van der Waals surface area contributed by atoms with E-state index in [1.54, 1.807) is 0 Å². The Bertz CT molecular complexity index is 113. The van der Waals surface area contributed by atoms with E-state index in [-0.39, 0.29) is 0 Å². The molecule has 0 aliphatic heterocycles. The largest absolute Gasteiger partial charge is 0.360 e. The topological polar surface area (TPSA) is 26.0 Å². The SMILES string of the molecule is CC1C/C1=C(\N)[SH2+]. The monoisotopic (exact) mass is 116 g/mol. The average Bonchev–Trinajstić information content (AvgIpc) is 2.17. The van der Waals surface area contributed by atoms with E-state index < -0.39 is 0 Å². The summed E-state index contributed by atoms with van der Waals surface area (Å²) in [5, 5.41) is 0.840. The molecule has 0 bridgehead atoms. The van der Waals surface area contributed by atoms with Crippen molar-refractivity contribution in [2.45, 2.75) is 13.3 Å². The minimum Gasteiger partial charge on any atom is -0.360 e. The van der Waals surface area contributed by atoms with Crippen molar-refractivity contribution >= 4 is 12.6 Å². The second-order valence-electron chi connectivity index (χ2n) is 2.04. The van der Waals surface area contributed by atoms with Crippen molar-refractivity contribution in [3.8, 4) is 0 Å². The summed E-state index contributed by atoms with van der Waals surface area (Å²) >= 11 is 3.24. The number of nitrogens with two attached hydrogens (primary N) is 1. The Hall–Kier alpha value is -0.110. The van der Waals surface area contributed by atoms with Crippen LogP contribution in [0.3, 0.4) is 0 Å². The van der Waals surface area contributed by atoms with Gasteiger partial charge >= 0.3 is 0 Å². The third-order valence-corrected chi connectivity index (χ3v) is 1.63. The van der Waals surface area contributed by atoms with Gasteiger partial charge in [-0.3, -0.25) is 0 Å². The molecule has 1 nitrogen and oxygen atoms in total. The molecule has 0 saturated heterocycles. The summed E-state index contributed by atoms with van der Waals surface area (Å²) in [5.41, 5.74) is 6.75. The smallest absolute Gasteiger partial charge is 0.213 e. The van der Waals surface area contributed by atoms with Crippen LogP contribution in [-0.4, -0.2) is 0 Å². The number of hydrogen-bond acceptors (Lipinski definition) is 1. The van der Waals surface area contributed by atoms with Gasteiger partial charge in [-0.15, -0.1) is 0 Å². The van der Waals surface area contributed by atoms with Crippen LogP contribution in [-0.2, 0) is 12.6 Å². The van der Waals surface area contributed by atoms with Crippen molar-refractivity contribution in [2.24, 2.45) is 11.7 Å². The van der Waals surface area contributed by atoms with Gasteiger partial charge in [0.05, 0.1) is 0 Å². The predicted molar refractivity (Wildman–Crippen MR) is 35.1 cm³/mol. The zero-order valence-electron chi connectivity index (χ0n) is 4.36. The first kappa shape index (κ1) is 5.04. The molecule has 2 N–H and O–H groups in total. The summed E-state index contributed by atoms with van der Waals surface area (Å²) < 4.78 is 0. The molecule has 1 atom stereocenters. The van der Waals surface area contributed by atoms with Crippen molar-refractivity contribution < 1.29 is 0 Å². The summed E-state index contributed by atoms with van der Waals surface area (Å²) in [7, 11) is 0. The van der Waals surface area contributed by atoms with Crippen LogP contribution < -0.4 is 5.73 Å². The fourth-order valence-corrected chi connectivity index (χ4v) is 0.995. The molecule has 0 radical (unpaired) electrons. The van der Waals surface area contributed by atoms with Gasteiger partial charge in [0.15, 0.2) is 0 Å². The third-order valence-electron chi connectivity index (χ3n) is 1.31. The molecule has 1 rings (SSSR count). The van der Waals surface area contributed by atoms with Crippen molar-refractivity contribution in [2.75, 3.05) is 0 Å². The normalized spacial score (nSPS) is 35.4. The first-order valence-electron chi connectivity index (χ1n) is 2.42. The summed E-state index contributed by atoms with van der Waals surface area (Å²) in [6, 6.07) is 0. The highest BCUT2D eigenvalue weighted by Crippen LogP contribution is 2.37. The molecule has 2 heteroatoms. The number of allylic oxidation sites excluding steroid dienone is 1. The average molecular weight is 116 g/mol. The van der Waals surface area contributed by atoms with E-state index in [0.29, 0.717) is 0 Å². The van der Waals surface area contributed by atoms with Gasteiger partial charge in [-0.05, 0) is 12.3 Å². The van der Waals surface area contributed by atoms with Crippen LogP contribution in [0.25, 0.3) is 0 Å². The minimum atomic E-state index is 0.748. The van der Waals surface area contributed by atoms with Gasteiger partial charge in [-0.2, -0.15) is 0 Å². The third kappa shape index (κ3) is 0.911. The van der Waals surface area contributed by atoms with Gasteiger partial charge in [0.1, 0.15) is 0 Å². The van der Waals surface area contributed by atoms with E-state index in [9.17, 15) is 0 Å². The van der Waals surface area contributed by atoms with Crippen LogP contribution in [0, 0.1) is 5.92 Å². The quantitative estimate of drug-likeness (QED) is 0.450. The molecular formula is C5H10NS+. The zero-order valence-corrected chi connectivity index (χ0v) is 5.36. The molecule has 7 heavy (non-hydrogen) atoms. The molecule has 0 aromatic heterocycles. The molecule has 1 aliphatic carbocycles. The van der Waals surface area contributed by atoms with Crippen LogP contribution in [0.2, 0.25) is 0 Å². The highest BCUT2D eigenvalue weighted by Gasteiger charge is 2.28. The summed E-state index contributed by atoms with van der Waals surface area (Å²) in [6.07, 6.45) is 1.19. The Labute approximate surface area is 49.0 Å². The second kappa shape index (κ2) is 1.44. The standard InChI is InChI=1S/C5H9NS/c1-3-2-4(3)5(6)7/h3,7H,2,6H2,1H3/p+1/b5-4-. The lowest BCUT2D eigenvalue weighted by Crippen LogP contribution is -1.90. The van der Waals surface area contributed by atoms with E-state index in [0.717, 1.165) is 10.9 Å². The lowest BCUT2D eigenvalue weighted by atomic mass is 10.5. The van der Waals surface area contributed by atoms with Gasteiger partial charge in [0.2, 0.25) is 5.03 Å². The molecule has 0 spiro atoms. The maximum Gasteiger partial charge on any atom is 0.213 e.